The normalized spacial score (nSPS) is 15.2. The summed E-state index contributed by atoms with van der Waals surface area (Å²) < 4.78 is 15.0. The average molecular weight is 620 g/mol. The molecule has 0 spiro atoms. The van der Waals surface area contributed by atoms with E-state index in [2.05, 4.69) is 103 Å². The Bertz CT molecular complexity index is 1750. The first-order valence-corrected chi connectivity index (χ1v) is 18.0. The largest absolute Gasteiger partial charge is 0.311 e. The molecule has 0 heterocycles. The second kappa shape index (κ2) is 14.2. The Hall–Kier alpha value is -4.65. The molecule has 0 aliphatic heterocycles. The van der Waals surface area contributed by atoms with Crippen LogP contribution in [0.25, 0.3) is 0 Å². The van der Waals surface area contributed by atoms with Gasteiger partial charge in [0.15, 0.2) is 7.14 Å². The SMILES string of the molecule is C=C/C(=C\C=C(/C)C1(c2ccc(P(=O)(c3ccccc3)c3ccccc3)cc2)CCCCC1)N(c1ccccc1)c1ccccc1. The zero-order chi connectivity index (χ0) is 31.8. The Morgan fingerprint density at radius 2 is 1.04 bits per heavy atom. The van der Waals surface area contributed by atoms with Crippen LogP contribution in [0.5, 0.6) is 0 Å². The van der Waals surface area contributed by atoms with Crippen LogP contribution >= 0.6 is 7.14 Å². The van der Waals surface area contributed by atoms with E-state index in [4.69, 9.17) is 0 Å². The topological polar surface area (TPSA) is 20.3 Å². The van der Waals surface area contributed by atoms with Crippen LogP contribution in [-0.4, -0.2) is 0 Å². The third-order valence-electron chi connectivity index (χ3n) is 9.49. The summed E-state index contributed by atoms with van der Waals surface area (Å²) in [4.78, 5) is 2.25. The Balaban J connectivity index is 1.40. The van der Waals surface area contributed by atoms with Crippen molar-refractivity contribution >= 4 is 34.4 Å². The van der Waals surface area contributed by atoms with Crippen molar-refractivity contribution in [2.45, 2.75) is 44.4 Å². The summed E-state index contributed by atoms with van der Waals surface area (Å²) in [5.41, 5.74) is 5.77. The molecule has 0 saturated heterocycles. The summed E-state index contributed by atoms with van der Waals surface area (Å²) in [6, 6.07) is 49.5. The first-order valence-electron chi connectivity index (χ1n) is 16.3. The fourth-order valence-corrected chi connectivity index (χ4v) is 9.63. The van der Waals surface area contributed by atoms with Gasteiger partial charge in [0.2, 0.25) is 0 Å². The van der Waals surface area contributed by atoms with E-state index in [1.165, 1.54) is 30.4 Å². The van der Waals surface area contributed by atoms with E-state index in [0.29, 0.717) is 0 Å². The van der Waals surface area contributed by atoms with E-state index in [1.807, 2.05) is 78.9 Å². The molecule has 0 aromatic heterocycles. The third kappa shape index (κ3) is 6.23. The number of hydrogen-bond donors (Lipinski definition) is 0. The van der Waals surface area contributed by atoms with Gasteiger partial charge in [-0.2, -0.15) is 0 Å². The number of benzene rings is 5. The first kappa shape index (κ1) is 31.3. The van der Waals surface area contributed by atoms with Gasteiger partial charge in [0.05, 0.1) is 0 Å². The highest BCUT2D eigenvalue weighted by molar-refractivity contribution is 7.85. The smallest absolute Gasteiger partial charge is 0.171 e. The molecule has 46 heavy (non-hydrogen) atoms. The lowest BCUT2D eigenvalue weighted by Gasteiger charge is -2.39. The highest BCUT2D eigenvalue weighted by Gasteiger charge is 2.36. The lowest BCUT2D eigenvalue weighted by Crippen LogP contribution is -2.31. The van der Waals surface area contributed by atoms with Gasteiger partial charge in [-0.1, -0.05) is 159 Å². The molecule has 0 N–H and O–H groups in total. The Labute approximate surface area is 274 Å². The van der Waals surface area contributed by atoms with Gasteiger partial charge in [-0.15, -0.1) is 0 Å². The Morgan fingerprint density at radius 1 is 0.609 bits per heavy atom. The lowest BCUT2D eigenvalue weighted by molar-refractivity contribution is 0.339. The van der Waals surface area contributed by atoms with Gasteiger partial charge >= 0.3 is 0 Å². The van der Waals surface area contributed by atoms with Crippen molar-refractivity contribution in [3.05, 3.63) is 187 Å². The molecule has 0 unspecified atom stereocenters. The van der Waals surface area contributed by atoms with Gasteiger partial charge in [-0.3, -0.25) is 0 Å². The molecule has 0 radical (unpaired) electrons. The van der Waals surface area contributed by atoms with E-state index in [1.54, 1.807) is 0 Å². The molecule has 1 aliphatic rings. The van der Waals surface area contributed by atoms with E-state index in [9.17, 15) is 4.57 Å². The number of hydrogen-bond acceptors (Lipinski definition) is 2. The van der Waals surface area contributed by atoms with E-state index >= 15 is 0 Å². The van der Waals surface area contributed by atoms with Crippen LogP contribution < -0.4 is 20.8 Å². The van der Waals surface area contributed by atoms with Crippen molar-refractivity contribution in [3.8, 4) is 0 Å². The van der Waals surface area contributed by atoms with Crippen molar-refractivity contribution in [3.63, 3.8) is 0 Å². The van der Waals surface area contributed by atoms with Gasteiger partial charge < -0.3 is 9.46 Å². The first-order chi connectivity index (χ1) is 22.6. The summed E-state index contributed by atoms with van der Waals surface area (Å²) in [5, 5.41) is 2.60. The molecular formula is C43H42NOP. The molecule has 0 bridgehead atoms. The molecule has 230 valence electrons. The number of rotatable bonds is 10. The summed E-state index contributed by atoms with van der Waals surface area (Å²) in [6.45, 7) is 6.50. The van der Waals surface area contributed by atoms with Crippen LogP contribution in [0, 0.1) is 0 Å². The minimum atomic E-state index is -3.02. The number of para-hydroxylation sites is 2. The van der Waals surface area contributed by atoms with Crippen molar-refractivity contribution in [2.24, 2.45) is 0 Å². The van der Waals surface area contributed by atoms with E-state index < -0.39 is 7.14 Å². The molecule has 0 amide bonds. The van der Waals surface area contributed by atoms with Crippen LogP contribution in [0.4, 0.5) is 11.4 Å². The molecule has 6 rings (SSSR count). The zero-order valence-electron chi connectivity index (χ0n) is 26.6. The van der Waals surface area contributed by atoms with Gasteiger partial charge in [0.25, 0.3) is 0 Å². The van der Waals surface area contributed by atoms with Gasteiger partial charge in [0, 0.05) is 38.4 Å². The second-order valence-electron chi connectivity index (χ2n) is 12.1. The van der Waals surface area contributed by atoms with Gasteiger partial charge in [0.1, 0.15) is 0 Å². The fraction of sp³-hybridized carbons (Fsp3) is 0.163. The average Bonchev–Trinajstić information content (AvgIpc) is 3.14. The summed E-state index contributed by atoms with van der Waals surface area (Å²) in [5.74, 6) is 0. The van der Waals surface area contributed by atoms with Crippen molar-refractivity contribution in [2.75, 3.05) is 4.90 Å². The molecule has 0 atom stereocenters. The van der Waals surface area contributed by atoms with E-state index in [0.717, 1.165) is 45.8 Å². The highest BCUT2D eigenvalue weighted by Crippen LogP contribution is 2.47. The maximum absolute atomic E-state index is 15.0. The molecule has 1 fully saturated rings. The van der Waals surface area contributed by atoms with Crippen LogP contribution in [0.3, 0.4) is 0 Å². The standard InChI is InChI=1S/C43H42NOP/c1-3-37(44(38-19-9-4-10-20-38)39-21-11-5-12-22-39)30-27-35(2)43(33-17-8-18-34-43)36-28-31-42(32-29-36)46(45,40-23-13-6-14-24-40)41-25-15-7-16-26-41/h3-7,9-16,19-32H,1,8,17-18,33-34H2,2H3/b35-27+,37-30+. The van der Waals surface area contributed by atoms with E-state index in [-0.39, 0.29) is 5.41 Å². The maximum Gasteiger partial charge on any atom is 0.171 e. The molecule has 1 aliphatic carbocycles. The predicted octanol–water partition coefficient (Wildman–Crippen LogP) is 10.4. The highest BCUT2D eigenvalue weighted by atomic mass is 31.2. The van der Waals surface area contributed by atoms with Crippen LogP contribution in [0.2, 0.25) is 0 Å². The van der Waals surface area contributed by atoms with Gasteiger partial charge in [-0.25, -0.2) is 0 Å². The lowest BCUT2D eigenvalue weighted by atomic mass is 9.65. The molecule has 1 saturated carbocycles. The Kier molecular flexibility index (Phi) is 9.67. The van der Waals surface area contributed by atoms with Crippen LogP contribution in [0.15, 0.2) is 182 Å². The van der Waals surface area contributed by atoms with Crippen LogP contribution in [0.1, 0.15) is 44.6 Å². The summed E-state index contributed by atoms with van der Waals surface area (Å²) >= 11 is 0. The number of nitrogens with zero attached hydrogens (tertiary/aromatic N) is 1. The minimum absolute atomic E-state index is 0.0760. The zero-order valence-corrected chi connectivity index (χ0v) is 27.5. The summed E-state index contributed by atoms with van der Waals surface area (Å²) in [7, 11) is -3.02. The monoisotopic (exact) mass is 619 g/mol. The molecule has 5 aromatic carbocycles. The maximum atomic E-state index is 15.0. The molecule has 3 heteroatoms. The molecule has 2 nitrogen and oxygen atoms in total. The van der Waals surface area contributed by atoms with Crippen molar-refractivity contribution < 1.29 is 4.57 Å². The molecular weight excluding hydrogens is 577 g/mol. The fourth-order valence-electron chi connectivity index (χ4n) is 6.98. The minimum Gasteiger partial charge on any atom is -0.311 e. The Morgan fingerprint density at radius 3 is 1.50 bits per heavy atom. The molecule has 5 aromatic rings. The van der Waals surface area contributed by atoms with Crippen molar-refractivity contribution in [1.82, 2.24) is 0 Å². The number of anilines is 2. The van der Waals surface area contributed by atoms with Crippen LogP contribution in [-0.2, 0) is 9.98 Å². The number of allylic oxidation sites excluding steroid dienone is 4. The third-order valence-corrected chi connectivity index (χ3v) is 12.6. The van der Waals surface area contributed by atoms with Crippen molar-refractivity contribution in [1.29, 1.82) is 0 Å². The quantitative estimate of drug-likeness (QED) is 0.115. The summed E-state index contributed by atoms with van der Waals surface area (Å²) in [6.07, 6.45) is 12.3. The predicted molar refractivity (Wildman–Crippen MR) is 198 cm³/mol. The van der Waals surface area contributed by atoms with Gasteiger partial charge in [-0.05, 0) is 61.7 Å². The second-order valence-corrected chi connectivity index (χ2v) is 14.9.